The first-order chi connectivity index (χ1) is 13.1. The van der Waals surface area contributed by atoms with Crippen LogP contribution >= 0.6 is 11.6 Å². The highest BCUT2D eigenvalue weighted by molar-refractivity contribution is 6.31. The van der Waals surface area contributed by atoms with Gasteiger partial charge in [-0.1, -0.05) is 11.6 Å². The molecule has 0 radical (unpaired) electrons. The van der Waals surface area contributed by atoms with Crippen LogP contribution < -0.4 is 0 Å². The molecule has 1 aromatic heterocycles. The third kappa shape index (κ3) is 4.00. The van der Waals surface area contributed by atoms with Gasteiger partial charge in [-0.15, -0.1) is 0 Å². The Labute approximate surface area is 162 Å². The van der Waals surface area contributed by atoms with E-state index in [9.17, 15) is 9.18 Å². The molecule has 0 saturated carbocycles. The Morgan fingerprint density at radius 2 is 2.15 bits per heavy atom. The predicted molar refractivity (Wildman–Crippen MR) is 100 cm³/mol. The molecule has 1 amide bonds. The Balaban J connectivity index is 1.42. The summed E-state index contributed by atoms with van der Waals surface area (Å²) in [6.45, 7) is 5.82. The molecule has 0 aliphatic carbocycles. The summed E-state index contributed by atoms with van der Waals surface area (Å²) in [7, 11) is 0. The number of halogens is 2. The fraction of sp³-hybridized carbons (Fsp3) is 0.474. The van der Waals surface area contributed by atoms with Crippen molar-refractivity contribution in [2.45, 2.75) is 6.42 Å². The van der Waals surface area contributed by atoms with Gasteiger partial charge in [0.25, 0.3) is 5.91 Å². The first-order valence-electron chi connectivity index (χ1n) is 9.20. The van der Waals surface area contributed by atoms with E-state index in [4.69, 9.17) is 16.3 Å². The molecule has 1 atom stereocenters. The van der Waals surface area contributed by atoms with Crippen molar-refractivity contribution in [2.24, 2.45) is 5.92 Å². The lowest BCUT2D eigenvalue weighted by Gasteiger charge is -2.35. The molecule has 1 unspecified atom stereocenters. The van der Waals surface area contributed by atoms with Crippen molar-refractivity contribution in [2.75, 3.05) is 45.9 Å². The maximum Gasteiger partial charge on any atom is 0.257 e. The molecule has 2 saturated heterocycles. The number of H-pyrrole nitrogens is 1. The average Bonchev–Trinajstić information content (AvgIpc) is 3.36. The molecule has 1 aromatic carbocycles. The highest BCUT2D eigenvalue weighted by atomic mass is 35.5. The second-order valence-corrected chi connectivity index (χ2v) is 7.52. The van der Waals surface area contributed by atoms with E-state index in [1.165, 1.54) is 18.3 Å². The van der Waals surface area contributed by atoms with Crippen molar-refractivity contribution in [1.29, 1.82) is 0 Å². The molecule has 3 heterocycles. The first-order valence-corrected chi connectivity index (χ1v) is 9.58. The van der Waals surface area contributed by atoms with Crippen LogP contribution in [0.5, 0.6) is 0 Å². The number of benzene rings is 1. The van der Waals surface area contributed by atoms with Gasteiger partial charge in [0, 0.05) is 44.9 Å². The third-order valence-electron chi connectivity index (χ3n) is 5.28. The van der Waals surface area contributed by atoms with Gasteiger partial charge >= 0.3 is 0 Å². The van der Waals surface area contributed by atoms with E-state index in [-0.39, 0.29) is 10.9 Å². The fourth-order valence-corrected chi connectivity index (χ4v) is 3.90. The predicted octanol–water partition coefficient (Wildman–Crippen LogP) is 2.66. The van der Waals surface area contributed by atoms with E-state index >= 15 is 0 Å². The molecule has 2 fully saturated rings. The van der Waals surface area contributed by atoms with Crippen LogP contribution in [0.4, 0.5) is 4.39 Å². The van der Waals surface area contributed by atoms with E-state index in [1.807, 2.05) is 4.90 Å². The summed E-state index contributed by atoms with van der Waals surface area (Å²) < 4.78 is 18.9. The van der Waals surface area contributed by atoms with E-state index in [0.717, 1.165) is 39.3 Å². The van der Waals surface area contributed by atoms with Crippen molar-refractivity contribution >= 4 is 17.5 Å². The van der Waals surface area contributed by atoms with Gasteiger partial charge in [0.15, 0.2) is 0 Å². The number of amides is 1. The zero-order chi connectivity index (χ0) is 18.8. The maximum absolute atomic E-state index is 13.4. The highest BCUT2D eigenvalue weighted by Crippen LogP contribution is 2.27. The lowest BCUT2D eigenvalue weighted by Crippen LogP contribution is -2.49. The van der Waals surface area contributed by atoms with Crippen LogP contribution in [-0.4, -0.2) is 71.8 Å². The summed E-state index contributed by atoms with van der Waals surface area (Å²) >= 11 is 5.88. The number of carbonyl (C=O) groups is 1. The molecule has 0 spiro atoms. The summed E-state index contributed by atoms with van der Waals surface area (Å²) in [4.78, 5) is 17.2. The number of carbonyl (C=O) groups excluding carboxylic acids is 1. The number of hydrogen-bond acceptors (Lipinski definition) is 4. The summed E-state index contributed by atoms with van der Waals surface area (Å²) in [5, 5.41) is 6.88. The minimum atomic E-state index is -0.489. The van der Waals surface area contributed by atoms with Crippen LogP contribution in [0.15, 0.2) is 24.4 Å². The summed E-state index contributed by atoms with van der Waals surface area (Å²) in [6.07, 6.45) is 2.65. The molecule has 0 bridgehead atoms. The Morgan fingerprint density at radius 3 is 2.85 bits per heavy atom. The van der Waals surface area contributed by atoms with E-state index < -0.39 is 5.82 Å². The van der Waals surface area contributed by atoms with Crippen molar-refractivity contribution in [3.8, 4) is 11.3 Å². The average molecular weight is 393 g/mol. The third-order valence-corrected chi connectivity index (χ3v) is 5.57. The van der Waals surface area contributed by atoms with Crippen LogP contribution in [0.2, 0.25) is 5.02 Å². The standard InChI is InChI=1S/C19H22ClFN4O2/c20-16-9-14(1-2-17(16)21)18-15(10-22-23-18)19(26)25-6-4-24(5-7-25)11-13-3-8-27-12-13/h1-2,9-10,13H,3-8,11-12H2,(H,22,23). The quantitative estimate of drug-likeness (QED) is 0.869. The molecule has 2 aliphatic heterocycles. The number of nitrogens with one attached hydrogen (secondary N) is 1. The lowest BCUT2D eigenvalue weighted by molar-refractivity contribution is 0.0612. The van der Waals surface area contributed by atoms with Gasteiger partial charge in [0.05, 0.1) is 29.1 Å². The second-order valence-electron chi connectivity index (χ2n) is 7.11. The van der Waals surface area contributed by atoms with Crippen LogP contribution in [0, 0.1) is 11.7 Å². The van der Waals surface area contributed by atoms with Gasteiger partial charge in [-0.3, -0.25) is 14.8 Å². The number of piperazine rings is 1. The van der Waals surface area contributed by atoms with E-state index in [1.54, 1.807) is 6.07 Å². The first kappa shape index (κ1) is 18.4. The van der Waals surface area contributed by atoms with Gasteiger partial charge in [0.2, 0.25) is 0 Å². The van der Waals surface area contributed by atoms with E-state index in [2.05, 4.69) is 15.1 Å². The van der Waals surface area contributed by atoms with E-state index in [0.29, 0.717) is 35.8 Å². The SMILES string of the molecule is O=C(c1cn[nH]c1-c1ccc(F)c(Cl)c1)N1CCN(CC2CCOC2)CC1. The second kappa shape index (κ2) is 7.96. The number of hydrogen-bond donors (Lipinski definition) is 1. The molecule has 2 aromatic rings. The van der Waals surface area contributed by atoms with Crippen molar-refractivity contribution in [3.05, 3.63) is 40.8 Å². The summed E-state index contributed by atoms with van der Waals surface area (Å²) in [6, 6.07) is 4.38. The fourth-order valence-electron chi connectivity index (χ4n) is 3.72. The van der Waals surface area contributed by atoms with Gasteiger partial charge in [-0.05, 0) is 30.5 Å². The van der Waals surface area contributed by atoms with Gasteiger partial charge in [-0.2, -0.15) is 5.10 Å². The van der Waals surface area contributed by atoms with Crippen molar-refractivity contribution in [1.82, 2.24) is 20.0 Å². The minimum Gasteiger partial charge on any atom is -0.381 e. The van der Waals surface area contributed by atoms with Crippen LogP contribution in [0.25, 0.3) is 11.3 Å². The lowest BCUT2D eigenvalue weighted by atomic mass is 10.1. The van der Waals surface area contributed by atoms with Gasteiger partial charge in [-0.25, -0.2) is 4.39 Å². The Hall–Kier alpha value is -1.96. The van der Waals surface area contributed by atoms with Crippen LogP contribution in [-0.2, 0) is 4.74 Å². The Bertz CT molecular complexity index is 814. The Kier molecular flexibility index (Phi) is 5.43. The number of nitrogens with zero attached hydrogens (tertiary/aromatic N) is 3. The summed E-state index contributed by atoms with van der Waals surface area (Å²) in [5.41, 5.74) is 1.69. The molecular weight excluding hydrogens is 371 g/mol. The molecule has 2 aliphatic rings. The van der Waals surface area contributed by atoms with Gasteiger partial charge in [0.1, 0.15) is 5.82 Å². The number of aromatic nitrogens is 2. The molecule has 27 heavy (non-hydrogen) atoms. The van der Waals surface area contributed by atoms with Gasteiger partial charge < -0.3 is 9.64 Å². The number of ether oxygens (including phenoxy) is 1. The highest BCUT2D eigenvalue weighted by Gasteiger charge is 2.27. The molecule has 1 N–H and O–H groups in total. The Morgan fingerprint density at radius 1 is 1.33 bits per heavy atom. The molecular formula is C19H22ClFN4O2. The van der Waals surface area contributed by atoms with Crippen molar-refractivity contribution < 1.29 is 13.9 Å². The molecule has 8 heteroatoms. The maximum atomic E-state index is 13.4. The van der Waals surface area contributed by atoms with Crippen LogP contribution in [0.3, 0.4) is 0 Å². The molecule has 4 rings (SSSR count). The molecule has 6 nitrogen and oxygen atoms in total. The van der Waals surface area contributed by atoms with Crippen molar-refractivity contribution in [3.63, 3.8) is 0 Å². The zero-order valence-electron chi connectivity index (χ0n) is 15.0. The summed E-state index contributed by atoms with van der Waals surface area (Å²) in [5.74, 6) is 0.0515. The monoisotopic (exact) mass is 392 g/mol. The number of rotatable bonds is 4. The molecule has 144 valence electrons. The topological polar surface area (TPSA) is 61.5 Å². The van der Waals surface area contributed by atoms with Crippen LogP contribution in [0.1, 0.15) is 16.8 Å². The smallest absolute Gasteiger partial charge is 0.257 e. The largest absolute Gasteiger partial charge is 0.381 e. The zero-order valence-corrected chi connectivity index (χ0v) is 15.7. The minimum absolute atomic E-state index is 0.0185. The normalized spacial score (nSPS) is 21.0. The number of aromatic amines is 1.